The first-order chi connectivity index (χ1) is 10.3. The minimum absolute atomic E-state index is 0. The highest BCUT2D eigenvalue weighted by atomic mass is 79.9. The summed E-state index contributed by atoms with van der Waals surface area (Å²) in [4.78, 5) is 11.6. The van der Waals surface area contributed by atoms with Gasteiger partial charge in [-0.3, -0.25) is 4.79 Å². The number of benzene rings is 1. The maximum atomic E-state index is 14.3. The van der Waals surface area contributed by atoms with Crippen molar-refractivity contribution in [1.82, 2.24) is 10.6 Å². The highest BCUT2D eigenvalue weighted by Gasteiger charge is 2.22. The van der Waals surface area contributed by atoms with Crippen molar-refractivity contribution in [2.24, 2.45) is 0 Å². The van der Waals surface area contributed by atoms with Gasteiger partial charge in [0.15, 0.2) is 15.7 Å². The lowest BCUT2D eigenvalue weighted by Gasteiger charge is -2.15. The molecule has 1 aromatic carbocycles. The zero-order valence-electron chi connectivity index (χ0n) is 12.4. The number of hydrogen-bond acceptors (Lipinski definition) is 4. The van der Waals surface area contributed by atoms with Gasteiger partial charge in [0, 0.05) is 23.8 Å². The topological polar surface area (TPSA) is 75.3 Å². The van der Waals surface area contributed by atoms with E-state index in [4.69, 9.17) is 0 Å². The van der Waals surface area contributed by atoms with Crippen LogP contribution in [0.15, 0.2) is 33.2 Å². The van der Waals surface area contributed by atoms with Gasteiger partial charge in [0.05, 0.1) is 5.56 Å². The third kappa shape index (κ3) is 5.27. The Morgan fingerprint density at radius 1 is 1.43 bits per heavy atom. The smallest absolute Gasteiger partial charge is 0.254 e. The third-order valence-electron chi connectivity index (χ3n) is 3.28. The molecule has 1 amide bonds. The maximum absolute atomic E-state index is 14.3. The van der Waals surface area contributed by atoms with Crippen molar-refractivity contribution in [3.63, 3.8) is 0 Å². The van der Waals surface area contributed by atoms with Crippen LogP contribution in [0.25, 0.3) is 0 Å². The van der Waals surface area contributed by atoms with Crippen LogP contribution in [0, 0.1) is 5.82 Å². The molecule has 0 radical (unpaired) electrons. The zero-order valence-corrected chi connectivity index (χ0v) is 15.6. The fraction of sp³-hybridized carbons (Fsp3) is 0.357. The normalized spacial score (nSPS) is 14.7. The van der Waals surface area contributed by atoms with Gasteiger partial charge >= 0.3 is 0 Å². The Morgan fingerprint density at radius 3 is 2.70 bits per heavy atom. The summed E-state index contributed by atoms with van der Waals surface area (Å²) in [7, 11) is -3.75. The van der Waals surface area contributed by atoms with Gasteiger partial charge in [-0.05, 0) is 25.1 Å². The third-order valence-corrected chi connectivity index (χ3v) is 4.84. The van der Waals surface area contributed by atoms with Gasteiger partial charge in [0.2, 0.25) is 0 Å². The predicted octanol–water partition coefficient (Wildman–Crippen LogP) is 2.06. The van der Waals surface area contributed by atoms with Crippen molar-refractivity contribution in [2.75, 3.05) is 25.9 Å². The number of sulfone groups is 1. The molecule has 0 bridgehead atoms. The zero-order chi connectivity index (χ0) is 16.3. The molecular formula is C14H17BrClFN2O3S. The van der Waals surface area contributed by atoms with Gasteiger partial charge in [-0.15, -0.1) is 12.4 Å². The summed E-state index contributed by atoms with van der Waals surface area (Å²) in [5, 5.41) is 5.78. The molecule has 0 unspecified atom stereocenters. The molecule has 2 rings (SSSR count). The van der Waals surface area contributed by atoms with Crippen LogP contribution in [0.1, 0.15) is 16.8 Å². The number of nitrogens with one attached hydrogen (secondary N) is 2. The van der Waals surface area contributed by atoms with E-state index in [1.165, 1.54) is 6.07 Å². The van der Waals surface area contributed by atoms with E-state index in [9.17, 15) is 17.6 Å². The van der Waals surface area contributed by atoms with Crippen LogP contribution in [0.4, 0.5) is 4.39 Å². The quantitative estimate of drug-likeness (QED) is 0.721. The summed E-state index contributed by atoms with van der Waals surface area (Å²) in [6.45, 7) is 1.90. The molecule has 128 valence electrons. The standard InChI is InChI=1S/C14H16BrFN2O3S.ClH/c1-22(20,21)12-7-10(15)6-11(13(12)16)14(19)18-8-9-2-4-17-5-3-9;/h2,6-7,17H,3-5,8H2,1H3,(H,18,19);1H. The van der Waals surface area contributed by atoms with Crippen molar-refractivity contribution < 1.29 is 17.6 Å². The Bertz CT molecular complexity index is 738. The fourth-order valence-corrected chi connectivity index (χ4v) is 3.50. The van der Waals surface area contributed by atoms with E-state index in [1.807, 2.05) is 6.08 Å². The molecule has 0 aliphatic carbocycles. The summed E-state index contributed by atoms with van der Waals surface area (Å²) < 4.78 is 37.8. The first kappa shape index (κ1) is 20.1. The molecule has 0 atom stereocenters. The first-order valence-corrected chi connectivity index (χ1v) is 9.33. The number of amides is 1. The summed E-state index contributed by atoms with van der Waals surface area (Å²) >= 11 is 3.10. The lowest BCUT2D eigenvalue weighted by atomic mass is 10.1. The number of halogens is 3. The largest absolute Gasteiger partial charge is 0.348 e. The van der Waals surface area contributed by atoms with Crippen LogP contribution in [0.2, 0.25) is 0 Å². The number of hydrogen-bond donors (Lipinski definition) is 2. The fourth-order valence-electron chi connectivity index (χ4n) is 2.12. The lowest BCUT2D eigenvalue weighted by molar-refractivity contribution is 0.0952. The van der Waals surface area contributed by atoms with Crippen LogP contribution < -0.4 is 10.6 Å². The van der Waals surface area contributed by atoms with Crippen molar-refractivity contribution in [1.29, 1.82) is 0 Å². The molecule has 1 aromatic rings. The molecule has 5 nitrogen and oxygen atoms in total. The van der Waals surface area contributed by atoms with E-state index in [1.54, 1.807) is 0 Å². The average Bonchev–Trinajstić information content (AvgIpc) is 2.46. The molecule has 0 saturated heterocycles. The molecule has 9 heteroatoms. The maximum Gasteiger partial charge on any atom is 0.254 e. The molecule has 1 heterocycles. The average molecular weight is 428 g/mol. The van der Waals surface area contributed by atoms with Crippen LogP contribution in [0.3, 0.4) is 0 Å². The summed E-state index contributed by atoms with van der Waals surface area (Å²) in [6.07, 6.45) is 3.69. The van der Waals surface area contributed by atoms with Gasteiger partial charge in [-0.1, -0.05) is 27.6 Å². The van der Waals surface area contributed by atoms with Crippen molar-refractivity contribution >= 4 is 44.1 Å². The van der Waals surface area contributed by atoms with E-state index in [-0.39, 0.29) is 18.0 Å². The monoisotopic (exact) mass is 426 g/mol. The molecule has 1 aliphatic heterocycles. The second kappa shape index (κ2) is 8.23. The van der Waals surface area contributed by atoms with Gasteiger partial charge < -0.3 is 10.6 Å². The van der Waals surface area contributed by atoms with Crippen LogP contribution in [-0.4, -0.2) is 40.2 Å². The molecular weight excluding hydrogens is 411 g/mol. The Balaban J connectivity index is 0.00000264. The summed E-state index contributed by atoms with van der Waals surface area (Å²) in [6, 6.07) is 2.42. The molecule has 2 N–H and O–H groups in total. The van der Waals surface area contributed by atoms with Crippen molar-refractivity contribution in [3.8, 4) is 0 Å². The second-order valence-corrected chi connectivity index (χ2v) is 7.94. The summed E-state index contributed by atoms with van der Waals surface area (Å²) in [5.74, 6) is -1.66. The van der Waals surface area contributed by atoms with E-state index in [2.05, 4.69) is 26.6 Å². The Morgan fingerprint density at radius 2 is 2.13 bits per heavy atom. The minimum Gasteiger partial charge on any atom is -0.348 e. The molecule has 0 spiro atoms. The molecule has 0 aromatic heterocycles. The van der Waals surface area contributed by atoms with Gasteiger partial charge in [0.25, 0.3) is 5.91 Å². The van der Waals surface area contributed by atoms with E-state index in [0.717, 1.165) is 37.4 Å². The Hall–Kier alpha value is -0.960. The highest BCUT2D eigenvalue weighted by Crippen LogP contribution is 2.24. The Kier molecular flexibility index (Phi) is 7.19. The molecule has 23 heavy (non-hydrogen) atoms. The van der Waals surface area contributed by atoms with Crippen molar-refractivity contribution in [2.45, 2.75) is 11.3 Å². The lowest BCUT2D eigenvalue weighted by Crippen LogP contribution is -2.30. The van der Waals surface area contributed by atoms with Crippen LogP contribution >= 0.6 is 28.3 Å². The molecule has 0 saturated carbocycles. The highest BCUT2D eigenvalue weighted by molar-refractivity contribution is 9.10. The predicted molar refractivity (Wildman–Crippen MR) is 92.4 cm³/mol. The van der Waals surface area contributed by atoms with E-state index < -0.39 is 26.5 Å². The number of rotatable bonds is 4. The minimum atomic E-state index is -3.75. The second-order valence-electron chi connectivity index (χ2n) is 5.04. The van der Waals surface area contributed by atoms with Gasteiger partial charge in [-0.25, -0.2) is 12.8 Å². The first-order valence-electron chi connectivity index (χ1n) is 6.65. The SMILES string of the molecule is CS(=O)(=O)c1cc(Br)cc(C(=O)NCC2=CCNCC2)c1F.Cl. The van der Waals surface area contributed by atoms with Crippen LogP contribution in [-0.2, 0) is 9.84 Å². The molecule has 1 aliphatic rings. The van der Waals surface area contributed by atoms with Gasteiger partial charge in [0.1, 0.15) is 4.90 Å². The number of carbonyl (C=O) groups is 1. The number of carbonyl (C=O) groups excluding carboxylic acids is 1. The van der Waals surface area contributed by atoms with E-state index in [0.29, 0.717) is 11.0 Å². The van der Waals surface area contributed by atoms with Crippen molar-refractivity contribution in [3.05, 3.63) is 39.6 Å². The molecule has 0 fully saturated rings. The summed E-state index contributed by atoms with van der Waals surface area (Å²) in [5.41, 5.74) is 0.773. The van der Waals surface area contributed by atoms with Gasteiger partial charge in [-0.2, -0.15) is 0 Å². The van der Waals surface area contributed by atoms with Crippen LogP contribution in [0.5, 0.6) is 0 Å². The van der Waals surface area contributed by atoms with E-state index >= 15 is 0 Å². The Labute approximate surface area is 149 Å².